The number of halogens is 1. The second kappa shape index (κ2) is 8.06. The van der Waals surface area contributed by atoms with Crippen LogP contribution < -0.4 is 16.0 Å². The molecule has 9 heteroatoms. The van der Waals surface area contributed by atoms with Crippen LogP contribution in [0.3, 0.4) is 0 Å². The van der Waals surface area contributed by atoms with E-state index >= 15 is 0 Å². The predicted octanol–water partition coefficient (Wildman–Crippen LogP) is 1.99. The molecule has 0 saturated carbocycles. The quantitative estimate of drug-likeness (QED) is 0.806. The highest BCUT2D eigenvalue weighted by molar-refractivity contribution is 6.30. The number of carbonyl (C=O) groups is 1. The van der Waals surface area contributed by atoms with Gasteiger partial charge < -0.3 is 20.9 Å². The van der Waals surface area contributed by atoms with Crippen molar-refractivity contribution >= 4 is 34.8 Å². The third kappa shape index (κ3) is 4.28. The fraction of sp³-hybridized carbons (Fsp3) is 0.444. The molecule has 2 aromatic rings. The van der Waals surface area contributed by atoms with Crippen molar-refractivity contribution in [3.8, 4) is 0 Å². The Labute approximate surface area is 163 Å². The summed E-state index contributed by atoms with van der Waals surface area (Å²) in [6.45, 7) is 7.82. The van der Waals surface area contributed by atoms with E-state index in [1.807, 2.05) is 19.9 Å². The van der Waals surface area contributed by atoms with Crippen molar-refractivity contribution in [3.63, 3.8) is 0 Å². The summed E-state index contributed by atoms with van der Waals surface area (Å²) >= 11 is 6.15. The summed E-state index contributed by atoms with van der Waals surface area (Å²) in [5.41, 5.74) is 7.79. The third-order valence-corrected chi connectivity index (χ3v) is 4.91. The van der Waals surface area contributed by atoms with Gasteiger partial charge in [0.1, 0.15) is 5.82 Å². The molecule has 3 heterocycles. The van der Waals surface area contributed by atoms with Crippen molar-refractivity contribution < 1.29 is 4.79 Å². The molecule has 1 amide bonds. The number of nitrogens with one attached hydrogen (secondary N) is 1. The Morgan fingerprint density at radius 2 is 2.00 bits per heavy atom. The van der Waals surface area contributed by atoms with Gasteiger partial charge in [-0.2, -0.15) is 0 Å². The number of aromatic nitrogens is 3. The number of hydrogen-bond acceptors (Lipinski definition) is 7. The number of rotatable bonds is 5. The minimum absolute atomic E-state index is 0.0667. The van der Waals surface area contributed by atoms with Crippen LogP contribution in [-0.2, 0) is 6.42 Å². The number of likely N-dealkylation sites (N-methyl/N-ethyl adjacent to an activating group) is 1. The maximum Gasteiger partial charge on any atom is 0.271 e. The molecule has 0 radical (unpaired) electrons. The van der Waals surface area contributed by atoms with Crippen LogP contribution in [-0.4, -0.2) is 59.0 Å². The average Bonchev–Trinajstić information content (AvgIpc) is 2.63. The van der Waals surface area contributed by atoms with E-state index in [1.165, 1.54) is 0 Å². The van der Waals surface area contributed by atoms with Crippen LogP contribution in [0.1, 0.15) is 28.7 Å². The zero-order valence-electron chi connectivity index (χ0n) is 15.8. The maximum absolute atomic E-state index is 11.8. The smallest absolute Gasteiger partial charge is 0.271 e. The van der Waals surface area contributed by atoms with Gasteiger partial charge in [-0.1, -0.05) is 18.5 Å². The molecule has 8 nitrogen and oxygen atoms in total. The van der Waals surface area contributed by atoms with Gasteiger partial charge in [-0.05, 0) is 32.0 Å². The number of nitrogens with two attached hydrogens (primary N) is 1. The second-order valence-corrected chi connectivity index (χ2v) is 7.01. The highest BCUT2D eigenvalue weighted by Crippen LogP contribution is 2.25. The molecule has 0 spiro atoms. The van der Waals surface area contributed by atoms with Crippen molar-refractivity contribution in [1.29, 1.82) is 0 Å². The molecule has 1 fully saturated rings. The molecule has 0 bridgehead atoms. The number of amides is 1. The lowest BCUT2D eigenvalue weighted by molar-refractivity contribution is 0.0996. The molecule has 3 rings (SSSR count). The molecule has 27 heavy (non-hydrogen) atoms. The molecule has 3 N–H and O–H groups in total. The van der Waals surface area contributed by atoms with Crippen LogP contribution in [0, 0.1) is 6.92 Å². The Morgan fingerprint density at radius 3 is 2.59 bits per heavy atom. The molecule has 1 aliphatic rings. The Hall–Kier alpha value is -2.45. The van der Waals surface area contributed by atoms with Crippen molar-refractivity contribution in [2.75, 3.05) is 43.4 Å². The summed E-state index contributed by atoms with van der Waals surface area (Å²) in [6, 6.07) is 1.97. The Kier molecular flexibility index (Phi) is 5.76. The van der Waals surface area contributed by atoms with Gasteiger partial charge in [0.15, 0.2) is 16.7 Å². The van der Waals surface area contributed by atoms with E-state index in [0.29, 0.717) is 17.8 Å². The SMILES string of the molecule is CCc1nc(C(N)=O)c(Nc2cnc(N3CCN(C)CC3)c(C)c2)nc1Cl. The predicted molar refractivity (Wildman–Crippen MR) is 107 cm³/mol. The van der Waals surface area contributed by atoms with Gasteiger partial charge >= 0.3 is 0 Å². The van der Waals surface area contributed by atoms with E-state index in [2.05, 4.69) is 37.1 Å². The highest BCUT2D eigenvalue weighted by Gasteiger charge is 2.19. The molecule has 1 aliphatic heterocycles. The summed E-state index contributed by atoms with van der Waals surface area (Å²) in [7, 11) is 2.12. The molecule has 2 aromatic heterocycles. The van der Waals surface area contributed by atoms with Crippen molar-refractivity contribution in [2.45, 2.75) is 20.3 Å². The summed E-state index contributed by atoms with van der Waals surface area (Å²) in [4.78, 5) is 29.4. The normalized spacial score (nSPS) is 15.0. The van der Waals surface area contributed by atoms with Crippen LogP contribution in [0.2, 0.25) is 5.15 Å². The topological polar surface area (TPSA) is 100 Å². The van der Waals surface area contributed by atoms with E-state index in [0.717, 1.165) is 37.6 Å². The molecule has 144 valence electrons. The van der Waals surface area contributed by atoms with Crippen LogP contribution in [0.4, 0.5) is 17.3 Å². The van der Waals surface area contributed by atoms with Crippen LogP contribution in [0.15, 0.2) is 12.3 Å². The molecular weight excluding hydrogens is 366 g/mol. The largest absolute Gasteiger partial charge is 0.364 e. The monoisotopic (exact) mass is 389 g/mol. The maximum atomic E-state index is 11.8. The van der Waals surface area contributed by atoms with Gasteiger partial charge in [0.2, 0.25) is 0 Å². The summed E-state index contributed by atoms with van der Waals surface area (Å²) in [6.07, 6.45) is 2.28. The molecule has 0 atom stereocenters. The lowest BCUT2D eigenvalue weighted by atomic mass is 10.2. The summed E-state index contributed by atoms with van der Waals surface area (Å²) in [5, 5.41) is 3.33. The highest BCUT2D eigenvalue weighted by atomic mass is 35.5. The van der Waals surface area contributed by atoms with E-state index in [-0.39, 0.29) is 16.7 Å². The van der Waals surface area contributed by atoms with Crippen LogP contribution in [0.25, 0.3) is 0 Å². The number of hydrogen-bond donors (Lipinski definition) is 2. The third-order valence-electron chi connectivity index (χ3n) is 4.60. The Balaban J connectivity index is 1.85. The number of piperazine rings is 1. The lowest BCUT2D eigenvalue weighted by Gasteiger charge is -2.34. The molecule has 0 unspecified atom stereocenters. The number of primary amides is 1. The lowest BCUT2D eigenvalue weighted by Crippen LogP contribution is -2.45. The van der Waals surface area contributed by atoms with E-state index in [9.17, 15) is 4.79 Å². The zero-order chi connectivity index (χ0) is 19.6. The first-order valence-electron chi connectivity index (χ1n) is 8.92. The summed E-state index contributed by atoms with van der Waals surface area (Å²) < 4.78 is 0. The van der Waals surface area contributed by atoms with E-state index in [4.69, 9.17) is 17.3 Å². The summed E-state index contributed by atoms with van der Waals surface area (Å²) in [5.74, 6) is 0.544. The van der Waals surface area contributed by atoms with Crippen LogP contribution in [0.5, 0.6) is 0 Å². The van der Waals surface area contributed by atoms with Crippen LogP contribution >= 0.6 is 11.6 Å². The Morgan fingerprint density at radius 1 is 1.30 bits per heavy atom. The first-order valence-corrected chi connectivity index (χ1v) is 9.30. The minimum atomic E-state index is -0.657. The first kappa shape index (κ1) is 19.3. The van der Waals surface area contributed by atoms with Gasteiger partial charge in [0.25, 0.3) is 5.91 Å². The van der Waals surface area contributed by atoms with Gasteiger partial charge in [0.05, 0.1) is 17.6 Å². The second-order valence-electron chi connectivity index (χ2n) is 6.66. The fourth-order valence-electron chi connectivity index (χ4n) is 3.06. The molecular formula is C18H24ClN7O. The van der Waals surface area contributed by atoms with Crippen molar-refractivity contribution in [3.05, 3.63) is 34.4 Å². The number of anilines is 3. The van der Waals surface area contributed by atoms with Crippen molar-refractivity contribution in [2.24, 2.45) is 5.73 Å². The van der Waals surface area contributed by atoms with Gasteiger partial charge in [-0.25, -0.2) is 15.0 Å². The van der Waals surface area contributed by atoms with Gasteiger partial charge in [-0.15, -0.1) is 0 Å². The minimum Gasteiger partial charge on any atom is -0.364 e. The Bertz CT molecular complexity index is 850. The molecule has 1 saturated heterocycles. The first-order chi connectivity index (χ1) is 12.9. The van der Waals surface area contributed by atoms with Gasteiger partial charge in [0, 0.05) is 26.2 Å². The number of nitrogens with zero attached hydrogens (tertiary/aromatic N) is 5. The molecule has 0 aromatic carbocycles. The molecule has 0 aliphatic carbocycles. The number of pyridine rings is 1. The zero-order valence-corrected chi connectivity index (χ0v) is 16.5. The van der Waals surface area contributed by atoms with E-state index < -0.39 is 5.91 Å². The standard InChI is InChI=1S/C18H24ClN7O/c1-4-13-15(19)24-17(14(23-13)16(20)27)22-12-9-11(2)18(21-10-12)26-7-5-25(3)6-8-26/h9-10H,4-8H2,1-3H3,(H2,20,27)(H,22,24). The van der Waals surface area contributed by atoms with Crippen molar-refractivity contribution in [1.82, 2.24) is 19.9 Å². The number of aryl methyl sites for hydroxylation is 2. The fourth-order valence-corrected chi connectivity index (χ4v) is 3.32. The van der Waals surface area contributed by atoms with E-state index in [1.54, 1.807) is 6.20 Å². The number of carbonyl (C=O) groups excluding carboxylic acids is 1. The average molecular weight is 390 g/mol. The van der Waals surface area contributed by atoms with Gasteiger partial charge in [-0.3, -0.25) is 4.79 Å².